The van der Waals surface area contributed by atoms with E-state index in [1.165, 1.54) is 17.0 Å². The Kier molecular flexibility index (Phi) is 6.01. The lowest BCUT2D eigenvalue weighted by molar-refractivity contribution is -0.153. The van der Waals surface area contributed by atoms with Crippen molar-refractivity contribution in [2.45, 2.75) is 37.3 Å². The SMILES string of the molecule is Cc1cccc(CCNC(=O)C2C3CC(F)(F)CN3C3(C(=O)Nc4c(Cl)cc(Cl)cc43)C2C(=O)O)c1. The van der Waals surface area contributed by atoms with Crippen LogP contribution >= 0.6 is 23.2 Å². The molecule has 2 aromatic carbocycles. The summed E-state index contributed by atoms with van der Waals surface area (Å²) in [5.41, 5.74) is 0.172. The van der Waals surface area contributed by atoms with Crippen LogP contribution in [0.4, 0.5) is 14.5 Å². The van der Waals surface area contributed by atoms with Crippen LogP contribution in [0.25, 0.3) is 0 Å². The summed E-state index contributed by atoms with van der Waals surface area (Å²) in [5.74, 6) is -9.19. The van der Waals surface area contributed by atoms with Gasteiger partial charge in [0.15, 0.2) is 0 Å². The van der Waals surface area contributed by atoms with E-state index in [2.05, 4.69) is 10.6 Å². The summed E-state index contributed by atoms with van der Waals surface area (Å²) in [5, 5.41) is 15.8. The number of nitrogens with one attached hydrogen (secondary N) is 2. The highest BCUT2D eigenvalue weighted by molar-refractivity contribution is 6.38. The number of aliphatic carboxylic acids is 1. The molecule has 0 saturated carbocycles. The Hall–Kier alpha value is -2.75. The molecule has 0 bridgehead atoms. The van der Waals surface area contributed by atoms with Crippen LogP contribution in [0.3, 0.4) is 0 Å². The van der Waals surface area contributed by atoms with Crippen molar-refractivity contribution >= 4 is 46.7 Å². The Bertz CT molecular complexity index is 1290. The van der Waals surface area contributed by atoms with E-state index < -0.39 is 60.1 Å². The lowest BCUT2D eigenvalue weighted by atomic mass is 9.73. The standard InChI is InChI=1S/C25H23Cl2F2N3O4/c1-12-3-2-4-13(7-12)5-6-30-21(33)18-17-10-24(28,29)11-32(17)25(19(18)22(34)35)15-8-14(26)9-16(27)20(15)31-23(25)36/h2-4,7-9,17-19H,5-6,10-11H2,1H3,(H,30,33)(H,31,36)(H,34,35). The van der Waals surface area contributed by atoms with Gasteiger partial charge in [-0.2, -0.15) is 0 Å². The van der Waals surface area contributed by atoms with Gasteiger partial charge >= 0.3 is 5.97 Å². The predicted molar refractivity (Wildman–Crippen MR) is 129 cm³/mol. The molecule has 4 unspecified atom stereocenters. The van der Waals surface area contributed by atoms with Gasteiger partial charge in [0.2, 0.25) is 5.91 Å². The minimum atomic E-state index is -3.22. The summed E-state index contributed by atoms with van der Waals surface area (Å²) < 4.78 is 29.5. The summed E-state index contributed by atoms with van der Waals surface area (Å²) in [6, 6.07) is 9.25. The molecule has 4 atom stereocenters. The third-order valence-corrected chi connectivity index (χ3v) is 7.92. The van der Waals surface area contributed by atoms with Gasteiger partial charge in [-0.1, -0.05) is 53.0 Å². The maximum absolute atomic E-state index is 14.7. The molecule has 2 saturated heterocycles. The molecule has 0 aromatic heterocycles. The highest BCUT2D eigenvalue weighted by Crippen LogP contribution is 2.60. The van der Waals surface area contributed by atoms with E-state index in [9.17, 15) is 28.3 Å². The second kappa shape index (κ2) is 8.68. The minimum Gasteiger partial charge on any atom is -0.481 e. The highest BCUT2D eigenvalue weighted by atomic mass is 35.5. The van der Waals surface area contributed by atoms with E-state index in [1.54, 1.807) is 0 Å². The Morgan fingerprint density at radius 1 is 1.25 bits per heavy atom. The molecule has 190 valence electrons. The molecule has 2 amide bonds. The Morgan fingerprint density at radius 2 is 2.00 bits per heavy atom. The van der Waals surface area contributed by atoms with Gasteiger partial charge < -0.3 is 15.7 Å². The second-order valence-electron chi connectivity index (χ2n) is 9.66. The first-order chi connectivity index (χ1) is 17.0. The quantitative estimate of drug-likeness (QED) is 0.538. The van der Waals surface area contributed by atoms with Crippen molar-refractivity contribution in [2.24, 2.45) is 11.8 Å². The zero-order valence-corrected chi connectivity index (χ0v) is 20.7. The summed E-state index contributed by atoms with van der Waals surface area (Å²) in [4.78, 5) is 40.8. The van der Waals surface area contributed by atoms with Crippen LogP contribution in [0, 0.1) is 18.8 Å². The number of carboxylic acids is 1. The first-order valence-electron chi connectivity index (χ1n) is 11.5. The number of amides is 2. The molecular weight excluding hydrogens is 515 g/mol. The first-order valence-corrected chi connectivity index (χ1v) is 12.2. The molecule has 7 nitrogen and oxygen atoms in total. The third kappa shape index (κ3) is 3.76. The average molecular weight is 538 g/mol. The number of anilines is 1. The fourth-order valence-electron chi connectivity index (χ4n) is 6.12. The van der Waals surface area contributed by atoms with Gasteiger partial charge in [0, 0.05) is 29.6 Å². The van der Waals surface area contributed by atoms with Crippen LogP contribution in [0.1, 0.15) is 23.1 Å². The van der Waals surface area contributed by atoms with Gasteiger partial charge in [-0.05, 0) is 31.0 Å². The number of fused-ring (bicyclic) bond motifs is 4. The number of halogens is 4. The maximum atomic E-state index is 14.7. The van der Waals surface area contributed by atoms with Crippen molar-refractivity contribution in [1.29, 1.82) is 0 Å². The van der Waals surface area contributed by atoms with Crippen LogP contribution in [0.15, 0.2) is 36.4 Å². The van der Waals surface area contributed by atoms with Crippen LogP contribution in [-0.2, 0) is 26.3 Å². The van der Waals surface area contributed by atoms with Gasteiger partial charge in [-0.15, -0.1) is 0 Å². The van der Waals surface area contributed by atoms with Crippen LogP contribution in [0.5, 0.6) is 0 Å². The fourth-order valence-corrected chi connectivity index (χ4v) is 6.66. The number of hydrogen-bond donors (Lipinski definition) is 3. The average Bonchev–Trinajstić information content (AvgIpc) is 3.35. The van der Waals surface area contributed by atoms with E-state index in [1.807, 2.05) is 31.2 Å². The number of carboxylic acid groups (broad SMARTS) is 1. The maximum Gasteiger partial charge on any atom is 0.310 e. The predicted octanol–water partition coefficient (Wildman–Crippen LogP) is 3.85. The minimum absolute atomic E-state index is 0.0560. The van der Waals surface area contributed by atoms with Crippen LogP contribution in [0.2, 0.25) is 10.0 Å². The lowest BCUT2D eigenvalue weighted by Gasteiger charge is -2.35. The largest absolute Gasteiger partial charge is 0.481 e. The van der Waals surface area contributed by atoms with Gasteiger partial charge in [0.05, 0.1) is 23.2 Å². The molecule has 2 fully saturated rings. The molecule has 3 heterocycles. The fraction of sp³-hybridized carbons (Fsp3) is 0.400. The molecule has 3 aliphatic rings. The molecule has 3 aliphatic heterocycles. The van der Waals surface area contributed by atoms with Crippen molar-refractivity contribution < 1.29 is 28.3 Å². The number of aryl methyl sites for hydroxylation is 1. The topological polar surface area (TPSA) is 98.7 Å². The third-order valence-electron chi connectivity index (χ3n) is 7.40. The molecule has 0 aliphatic carbocycles. The van der Waals surface area contributed by atoms with Gasteiger partial charge in [-0.3, -0.25) is 19.3 Å². The molecular formula is C25H23Cl2F2N3O4. The van der Waals surface area contributed by atoms with E-state index in [4.69, 9.17) is 23.2 Å². The number of rotatable bonds is 5. The Labute approximate surface area is 215 Å². The summed E-state index contributed by atoms with van der Waals surface area (Å²) in [6.45, 7) is 1.25. The highest BCUT2D eigenvalue weighted by Gasteiger charge is 2.74. The van der Waals surface area contributed by atoms with Crippen molar-refractivity contribution in [3.05, 3.63) is 63.1 Å². The molecule has 2 aromatic rings. The number of carbonyl (C=O) groups is 3. The van der Waals surface area contributed by atoms with Gasteiger partial charge in [-0.25, -0.2) is 8.78 Å². The second-order valence-corrected chi connectivity index (χ2v) is 10.5. The van der Waals surface area contributed by atoms with Gasteiger partial charge in [0.25, 0.3) is 11.8 Å². The van der Waals surface area contributed by atoms with Crippen molar-refractivity contribution in [3.63, 3.8) is 0 Å². The Morgan fingerprint density at radius 3 is 2.69 bits per heavy atom. The van der Waals surface area contributed by atoms with E-state index in [0.29, 0.717) is 6.42 Å². The number of carbonyl (C=O) groups excluding carboxylic acids is 2. The zero-order valence-electron chi connectivity index (χ0n) is 19.2. The number of alkyl halides is 2. The van der Waals surface area contributed by atoms with E-state index >= 15 is 0 Å². The number of benzene rings is 2. The molecule has 5 rings (SSSR count). The molecule has 36 heavy (non-hydrogen) atoms. The molecule has 1 spiro atoms. The van der Waals surface area contributed by atoms with Crippen molar-refractivity contribution in [1.82, 2.24) is 10.2 Å². The van der Waals surface area contributed by atoms with Crippen molar-refractivity contribution in [2.75, 3.05) is 18.4 Å². The Balaban J connectivity index is 1.54. The zero-order chi connectivity index (χ0) is 26.0. The normalized spacial score (nSPS) is 28.1. The van der Waals surface area contributed by atoms with Crippen molar-refractivity contribution in [3.8, 4) is 0 Å². The summed E-state index contributed by atoms with van der Waals surface area (Å²) in [6.07, 6.45) is -0.270. The summed E-state index contributed by atoms with van der Waals surface area (Å²) >= 11 is 12.5. The smallest absolute Gasteiger partial charge is 0.310 e. The number of nitrogens with zero attached hydrogens (tertiary/aromatic N) is 1. The summed E-state index contributed by atoms with van der Waals surface area (Å²) in [7, 11) is 0. The van der Waals surface area contributed by atoms with E-state index in [0.717, 1.165) is 11.1 Å². The van der Waals surface area contributed by atoms with Gasteiger partial charge in [0.1, 0.15) is 11.5 Å². The monoisotopic (exact) mass is 537 g/mol. The molecule has 3 N–H and O–H groups in total. The number of hydrogen-bond acceptors (Lipinski definition) is 4. The molecule has 0 radical (unpaired) electrons. The molecule has 11 heteroatoms. The van der Waals surface area contributed by atoms with Crippen LogP contribution in [-0.4, -0.2) is 52.8 Å². The van der Waals surface area contributed by atoms with E-state index in [-0.39, 0.29) is 27.8 Å². The lowest BCUT2D eigenvalue weighted by Crippen LogP contribution is -2.54. The van der Waals surface area contributed by atoms with Crippen LogP contribution < -0.4 is 10.6 Å². The first kappa shape index (κ1) is 24.9.